The maximum Gasteiger partial charge on any atom is 0.257 e. The summed E-state index contributed by atoms with van der Waals surface area (Å²) in [4.78, 5) is 16.7. The van der Waals surface area contributed by atoms with Gasteiger partial charge in [-0.2, -0.15) is 4.98 Å². The topological polar surface area (TPSA) is 86.5 Å². The average molecular weight is 337 g/mol. The molecular weight excluding hydrogens is 322 g/mol. The maximum atomic E-state index is 12.4. The molecule has 1 amide bonds. The van der Waals surface area contributed by atoms with E-state index in [4.69, 9.17) is 14.0 Å². The zero-order valence-corrected chi connectivity index (χ0v) is 13.2. The lowest BCUT2D eigenvalue weighted by Crippen LogP contribution is -2.33. The zero-order chi connectivity index (χ0) is 17.1. The van der Waals surface area contributed by atoms with Crippen molar-refractivity contribution in [3.8, 4) is 17.2 Å². The summed E-state index contributed by atoms with van der Waals surface area (Å²) in [6, 6.07) is 16.7. The second-order valence-electron chi connectivity index (χ2n) is 5.45. The van der Waals surface area contributed by atoms with Crippen molar-refractivity contribution in [2.24, 2.45) is 0 Å². The predicted octanol–water partition coefficient (Wildman–Crippen LogP) is 2.46. The standard InChI is InChI=1S/C18H15N3O4/c22-17(16-13-8-4-5-9-14(13)23-11-24-16)19-10-15-20-18(25-21-15)12-6-2-1-3-7-12/h1-9,16H,10-11H2,(H,19,22). The molecule has 1 aliphatic rings. The Balaban J connectivity index is 1.42. The van der Waals surface area contributed by atoms with E-state index in [9.17, 15) is 4.79 Å². The molecule has 0 fully saturated rings. The lowest BCUT2D eigenvalue weighted by atomic mass is 10.1. The van der Waals surface area contributed by atoms with Crippen LogP contribution in [0.5, 0.6) is 5.75 Å². The molecular formula is C18H15N3O4. The number of nitrogens with one attached hydrogen (secondary N) is 1. The Morgan fingerprint density at radius 1 is 1.12 bits per heavy atom. The van der Waals surface area contributed by atoms with E-state index in [1.807, 2.05) is 48.5 Å². The van der Waals surface area contributed by atoms with Crippen molar-refractivity contribution in [3.05, 3.63) is 66.0 Å². The van der Waals surface area contributed by atoms with Gasteiger partial charge in [0, 0.05) is 11.1 Å². The summed E-state index contributed by atoms with van der Waals surface area (Å²) in [7, 11) is 0. The van der Waals surface area contributed by atoms with Gasteiger partial charge >= 0.3 is 0 Å². The van der Waals surface area contributed by atoms with Crippen LogP contribution >= 0.6 is 0 Å². The number of hydrogen-bond donors (Lipinski definition) is 1. The third-order valence-electron chi connectivity index (χ3n) is 3.80. The molecule has 0 radical (unpaired) electrons. The van der Waals surface area contributed by atoms with Gasteiger partial charge in [0.15, 0.2) is 18.7 Å². The first-order valence-electron chi connectivity index (χ1n) is 7.80. The van der Waals surface area contributed by atoms with Crippen LogP contribution < -0.4 is 10.1 Å². The van der Waals surface area contributed by atoms with Gasteiger partial charge in [-0.25, -0.2) is 0 Å². The summed E-state index contributed by atoms with van der Waals surface area (Å²) in [6.45, 7) is 0.188. The molecule has 1 unspecified atom stereocenters. The van der Waals surface area contributed by atoms with Crippen LogP contribution in [0.4, 0.5) is 0 Å². The molecule has 3 aromatic rings. The SMILES string of the molecule is O=C(NCc1noc(-c2ccccc2)n1)C1OCOc2ccccc21. The lowest BCUT2D eigenvalue weighted by Gasteiger charge is -2.25. The Hall–Kier alpha value is -3.19. The van der Waals surface area contributed by atoms with E-state index >= 15 is 0 Å². The fraction of sp³-hybridized carbons (Fsp3) is 0.167. The van der Waals surface area contributed by atoms with Gasteiger partial charge < -0.3 is 19.3 Å². The van der Waals surface area contributed by atoms with E-state index in [1.165, 1.54) is 0 Å². The number of ether oxygens (including phenoxy) is 2. The van der Waals surface area contributed by atoms with Crippen molar-refractivity contribution in [1.82, 2.24) is 15.5 Å². The minimum atomic E-state index is -0.717. The number of fused-ring (bicyclic) bond motifs is 1. The van der Waals surface area contributed by atoms with Crippen molar-refractivity contribution in [2.45, 2.75) is 12.6 Å². The van der Waals surface area contributed by atoms with Gasteiger partial charge in [0.05, 0.1) is 6.54 Å². The number of hydrogen-bond acceptors (Lipinski definition) is 6. The van der Waals surface area contributed by atoms with E-state index < -0.39 is 6.10 Å². The molecule has 2 heterocycles. The van der Waals surface area contributed by atoms with Crippen molar-refractivity contribution in [1.29, 1.82) is 0 Å². The Kier molecular flexibility index (Phi) is 4.14. The molecule has 0 saturated carbocycles. The molecule has 1 N–H and O–H groups in total. The van der Waals surface area contributed by atoms with Crippen molar-refractivity contribution in [2.75, 3.05) is 6.79 Å². The molecule has 1 aliphatic heterocycles. The van der Waals surface area contributed by atoms with E-state index in [0.717, 1.165) is 5.56 Å². The van der Waals surface area contributed by atoms with Crippen molar-refractivity contribution < 1.29 is 18.8 Å². The van der Waals surface area contributed by atoms with E-state index in [-0.39, 0.29) is 19.2 Å². The fourth-order valence-corrected chi connectivity index (χ4v) is 2.58. The molecule has 1 atom stereocenters. The number of para-hydroxylation sites is 1. The van der Waals surface area contributed by atoms with Gasteiger partial charge in [-0.3, -0.25) is 4.79 Å². The van der Waals surface area contributed by atoms with Crippen LogP contribution in [0.3, 0.4) is 0 Å². The smallest absolute Gasteiger partial charge is 0.257 e. The normalized spacial score (nSPS) is 15.9. The summed E-state index contributed by atoms with van der Waals surface area (Å²) in [6.07, 6.45) is -0.717. The summed E-state index contributed by atoms with van der Waals surface area (Å²) >= 11 is 0. The third kappa shape index (κ3) is 3.22. The number of nitrogens with zero attached hydrogens (tertiary/aromatic N) is 2. The molecule has 0 saturated heterocycles. The summed E-state index contributed by atoms with van der Waals surface area (Å²) < 4.78 is 16.0. The Morgan fingerprint density at radius 3 is 2.80 bits per heavy atom. The molecule has 0 aliphatic carbocycles. The van der Waals surface area contributed by atoms with Crippen LogP contribution in [0, 0.1) is 0 Å². The monoisotopic (exact) mass is 337 g/mol. The van der Waals surface area contributed by atoms with Crippen molar-refractivity contribution >= 4 is 5.91 Å². The predicted molar refractivity (Wildman–Crippen MR) is 87.3 cm³/mol. The van der Waals surface area contributed by atoms with Gasteiger partial charge in [-0.15, -0.1) is 0 Å². The van der Waals surface area contributed by atoms with E-state index in [0.29, 0.717) is 23.0 Å². The molecule has 2 aromatic carbocycles. The van der Waals surface area contributed by atoms with Crippen LogP contribution in [0.2, 0.25) is 0 Å². The number of benzene rings is 2. The highest BCUT2D eigenvalue weighted by Crippen LogP contribution is 2.31. The number of rotatable bonds is 4. The number of aromatic nitrogens is 2. The Morgan fingerprint density at radius 2 is 1.92 bits per heavy atom. The van der Waals surface area contributed by atoms with E-state index in [2.05, 4.69) is 15.5 Å². The van der Waals surface area contributed by atoms with Crippen LogP contribution in [0.15, 0.2) is 59.1 Å². The molecule has 0 spiro atoms. The first-order valence-corrected chi connectivity index (χ1v) is 7.80. The largest absolute Gasteiger partial charge is 0.467 e. The molecule has 7 nitrogen and oxygen atoms in total. The Bertz CT molecular complexity index is 879. The van der Waals surface area contributed by atoms with Gasteiger partial charge in [0.1, 0.15) is 5.75 Å². The van der Waals surface area contributed by atoms with Gasteiger partial charge in [0.25, 0.3) is 11.8 Å². The third-order valence-corrected chi connectivity index (χ3v) is 3.80. The Labute approximate surface area is 143 Å². The average Bonchev–Trinajstić information content (AvgIpc) is 3.15. The number of carbonyl (C=O) groups excluding carboxylic acids is 1. The molecule has 25 heavy (non-hydrogen) atoms. The van der Waals surface area contributed by atoms with Crippen LogP contribution in [0.1, 0.15) is 17.5 Å². The molecule has 1 aromatic heterocycles. The number of amides is 1. The molecule has 7 heteroatoms. The molecule has 126 valence electrons. The fourth-order valence-electron chi connectivity index (χ4n) is 2.58. The zero-order valence-electron chi connectivity index (χ0n) is 13.2. The highest BCUT2D eigenvalue weighted by atomic mass is 16.7. The van der Waals surface area contributed by atoms with Gasteiger partial charge in [0.2, 0.25) is 0 Å². The van der Waals surface area contributed by atoms with Gasteiger partial charge in [-0.1, -0.05) is 41.6 Å². The summed E-state index contributed by atoms with van der Waals surface area (Å²) in [5.74, 6) is 1.19. The number of carbonyl (C=O) groups is 1. The van der Waals surface area contributed by atoms with Crippen LogP contribution in [0.25, 0.3) is 11.5 Å². The quantitative estimate of drug-likeness (QED) is 0.787. The van der Waals surface area contributed by atoms with Crippen molar-refractivity contribution in [3.63, 3.8) is 0 Å². The first-order chi connectivity index (χ1) is 12.3. The summed E-state index contributed by atoms with van der Waals surface area (Å²) in [5.41, 5.74) is 1.53. The second kappa shape index (κ2) is 6.74. The summed E-state index contributed by atoms with van der Waals surface area (Å²) in [5, 5.41) is 6.66. The maximum absolute atomic E-state index is 12.4. The lowest BCUT2D eigenvalue weighted by molar-refractivity contribution is -0.142. The van der Waals surface area contributed by atoms with Crippen LogP contribution in [-0.4, -0.2) is 22.8 Å². The molecule has 0 bridgehead atoms. The van der Waals surface area contributed by atoms with E-state index in [1.54, 1.807) is 6.07 Å². The minimum absolute atomic E-state index is 0.0372. The van der Waals surface area contributed by atoms with Gasteiger partial charge in [-0.05, 0) is 18.2 Å². The highest BCUT2D eigenvalue weighted by molar-refractivity contribution is 5.83. The second-order valence-corrected chi connectivity index (χ2v) is 5.45. The van der Waals surface area contributed by atoms with Crippen LogP contribution in [-0.2, 0) is 16.1 Å². The first kappa shape index (κ1) is 15.3. The minimum Gasteiger partial charge on any atom is -0.467 e. The molecule has 4 rings (SSSR count). The highest BCUT2D eigenvalue weighted by Gasteiger charge is 2.28.